The highest BCUT2D eigenvalue weighted by molar-refractivity contribution is 5.65. The monoisotopic (exact) mass is 122 g/mol. The fraction of sp³-hybridized carbons (Fsp3) is 0.714. The molecule has 0 radical (unpaired) electrons. The lowest BCUT2D eigenvalue weighted by Gasteiger charge is -2.17. The van der Waals surface area contributed by atoms with Gasteiger partial charge in [-0.2, -0.15) is 0 Å². The summed E-state index contributed by atoms with van der Waals surface area (Å²) in [6, 6.07) is 0.586. The van der Waals surface area contributed by atoms with Crippen molar-refractivity contribution in [2.24, 2.45) is 15.9 Å². The molecule has 0 N–H and O–H groups in total. The van der Waals surface area contributed by atoms with Crippen LogP contribution in [0.5, 0.6) is 0 Å². The molecule has 0 saturated heterocycles. The summed E-state index contributed by atoms with van der Waals surface area (Å²) in [6.07, 6.45) is 6.27. The summed E-state index contributed by atoms with van der Waals surface area (Å²) < 4.78 is 0. The first-order valence-electron chi connectivity index (χ1n) is 3.47. The van der Waals surface area contributed by atoms with E-state index in [1.165, 1.54) is 0 Å². The maximum atomic E-state index is 4.34. The standard InChI is InChI=1S/C7H10N2/c1-4-9-7-2-3-8-5-6(1)7/h3-4,6-7H,1-2,5H2. The molecular formula is C7H10N2. The number of hydrogen-bond donors (Lipinski definition) is 0. The topological polar surface area (TPSA) is 24.7 Å². The molecule has 0 aromatic carbocycles. The third-order valence-electron chi connectivity index (χ3n) is 2.07. The summed E-state index contributed by atoms with van der Waals surface area (Å²) in [5, 5.41) is 0. The lowest BCUT2D eigenvalue weighted by molar-refractivity contribution is 0.472. The van der Waals surface area contributed by atoms with Gasteiger partial charge in [0.2, 0.25) is 0 Å². The van der Waals surface area contributed by atoms with Crippen molar-refractivity contribution in [3.05, 3.63) is 0 Å². The van der Waals surface area contributed by atoms with E-state index in [1.54, 1.807) is 0 Å². The van der Waals surface area contributed by atoms with Gasteiger partial charge in [-0.05, 0) is 12.6 Å². The fourth-order valence-corrected chi connectivity index (χ4v) is 1.45. The van der Waals surface area contributed by atoms with Gasteiger partial charge in [0.15, 0.2) is 0 Å². The van der Waals surface area contributed by atoms with Crippen LogP contribution in [0.15, 0.2) is 9.98 Å². The van der Waals surface area contributed by atoms with E-state index in [-0.39, 0.29) is 0 Å². The quantitative estimate of drug-likeness (QED) is 0.456. The number of rotatable bonds is 0. The molecule has 2 heterocycles. The molecule has 0 saturated carbocycles. The Labute approximate surface area is 54.7 Å². The van der Waals surface area contributed by atoms with Crippen molar-refractivity contribution in [1.29, 1.82) is 0 Å². The Bertz CT molecular complexity index is 160. The highest BCUT2D eigenvalue weighted by Crippen LogP contribution is 2.22. The minimum absolute atomic E-state index is 0.586. The first-order valence-corrected chi connectivity index (χ1v) is 3.47. The lowest BCUT2D eigenvalue weighted by Crippen LogP contribution is -2.21. The maximum Gasteiger partial charge on any atom is 0.0594 e. The van der Waals surface area contributed by atoms with Crippen LogP contribution in [0.1, 0.15) is 12.8 Å². The molecule has 2 nitrogen and oxygen atoms in total. The van der Waals surface area contributed by atoms with E-state index in [1.807, 2.05) is 12.4 Å². The lowest BCUT2D eigenvalue weighted by atomic mass is 9.96. The maximum absolute atomic E-state index is 4.34. The number of fused-ring (bicyclic) bond motifs is 1. The van der Waals surface area contributed by atoms with Gasteiger partial charge in [0.05, 0.1) is 6.04 Å². The molecule has 2 unspecified atom stereocenters. The van der Waals surface area contributed by atoms with Crippen LogP contribution in [0.25, 0.3) is 0 Å². The summed E-state index contributed by atoms with van der Waals surface area (Å²) >= 11 is 0. The van der Waals surface area contributed by atoms with Gasteiger partial charge in [0.25, 0.3) is 0 Å². The Morgan fingerprint density at radius 3 is 3.11 bits per heavy atom. The fourth-order valence-electron chi connectivity index (χ4n) is 1.45. The van der Waals surface area contributed by atoms with Crippen LogP contribution in [0, 0.1) is 5.92 Å². The summed E-state index contributed by atoms with van der Waals surface area (Å²) in [7, 11) is 0. The second-order valence-electron chi connectivity index (χ2n) is 2.68. The minimum atomic E-state index is 0.586. The van der Waals surface area contributed by atoms with E-state index in [0.717, 1.165) is 25.3 Å². The summed E-state index contributed by atoms with van der Waals surface area (Å²) in [4.78, 5) is 8.56. The van der Waals surface area contributed by atoms with E-state index >= 15 is 0 Å². The molecule has 0 fully saturated rings. The molecule has 0 aliphatic carbocycles. The van der Waals surface area contributed by atoms with Crippen molar-refractivity contribution in [3.63, 3.8) is 0 Å². The average molecular weight is 122 g/mol. The Morgan fingerprint density at radius 1 is 1.22 bits per heavy atom. The normalized spacial score (nSPS) is 39.1. The van der Waals surface area contributed by atoms with E-state index < -0.39 is 0 Å². The van der Waals surface area contributed by atoms with Gasteiger partial charge < -0.3 is 0 Å². The second kappa shape index (κ2) is 1.94. The molecule has 0 aromatic rings. The minimum Gasteiger partial charge on any atom is -0.297 e. The molecule has 2 aliphatic rings. The van der Waals surface area contributed by atoms with Crippen molar-refractivity contribution in [3.8, 4) is 0 Å². The van der Waals surface area contributed by atoms with Gasteiger partial charge in [-0.15, -0.1) is 0 Å². The van der Waals surface area contributed by atoms with Crippen LogP contribution in [0.4, 0.5) is 0 Å². The molecule has 48 valence electrons. The van der Waals surface area contributed by atoms with Crippen molar-refractivity contribution in [2.45, 2.75) is 18.9 Å². The molecule has 0 bridgehead atoms. The molecule has 2 aliphatic heterocycles. The number of nitrogens with zero attached hydrogens (tertiary/aromatic N) is 2. The first-order chi connectivity index (χ1) is 4.47. The van der Waals surface area contributed by atoms with Gasteiger partial charge in [-0.25, -0.2) is 0 Å². The second-order valence-corrected chi connectivity index (χ2v) is 2.68. The molecule has 2 rings (SSSR count). The molecule has 2 heteroatoms. The van der Waals surface area contributed by atoms with Crippen LogP contribution in [0.3, 0.4) is 0 Å². The van der Waals surface area contributed by atoms with Crippen LogP contribution >= 0.6 is 0 Å². The van der Waals surface area contributed by atoms with E-state index in [9.17, 15) is 0 Å². The Hall–Kier alpha value is -0.660. The predicted octanol–water partition coefficient (Wildman–Crippen LogP) is 0.920. The summed E-state index contributed by atoms with van der Waals surface area (Å²) in [6.45, 7) is 1.00. The smallest absolute Gasteiger partial charge is 0.0594 e. The van der Waals surface area contributed by atoms with Crippen LogP contribution in [-0.2, 0) is 0 Å². The van der Waals surface area contributed by atoms with Crippen LogP contribution in [0.2, 0.25) is 0 Å². The molecule has 0 aromatic heterocycles. The summed E-state index contributed by atoms with van der Waals surface area (Å²) in [5.41, 5.74) is 0. The van der Waals surface area contributed by atoms with E-state index in [4.69, 9.17) is 0 Å². The Balaban J connectivity index is 2.13. The first kappa shape index (κ1) is 5.15. The largest absolute Gasteiger partial charge is 0.297 e. The van der Waals surface area contributed by atoms with Crippen molar-refractivity contribution in [2.75, 3.05) is 6.54 Å². The molecule has 9 heavy (non-hydrogen) atoms. The Morgan fingerprint density at radius 2 is 2.22 bits per heavy atom. The molecule has 0 amide bonds. The van der Waals surface area contributed by atoms with Crippen LogP contribution < -0.4 is 0 Å². The number of aliphatic imine (C=N–C) groups is 2. The SMILES string of the molecule is C1=NCC2CC=NC2C1. The molecular weight excluding hydrogens is 112 g/mol. The predicted molar refractivity (Wildman–Crippen MR) is 38.4 cm³/mol. The molecule has 0 spiro atoms. The van der Waals surface area contributed by atoms with Gasteiger partial charge in [-0.3, -0.25) is 9.98 Å². The van der Waals surface area contributed by atoms with Gasteiger partial charge >= 0.3 is 0 Å². The van der Waals surface area contributed by atoms with Crippen molar-refractivity contribution >= 4 is 12.4 Å². The third kappa shape index (κ3) is 0.784. The van der Waals surface area contributed by atoms with Crippen molar-refractivity contribution in [1.82, 2.24) is 0 Å². The highest BCUT2D eigenvalue weighted by atomic mass is 14.9. The Kier molecular flexibility index (Phi) is 1.11. The average Bonchev–Trinajstić information content (AvgIpc) is 2.33. The van der Waals surface area contributed by atoms with Crippen LogP contribution in [-0.4, -0.2) is 25.0 Å². The summed E-state index contributed by atoms with van der Waals surface area (Å²) in [5.74, 6) is 0.745. The van der Waals surface area contributed by atoms with Crippen molar-refractivity contribution < 1.29 is 0 Å². The van der Waals surface area contributed by atoms with E-state index in [2.05, 4.69) is 9.98 Å². The van der Waals surface area contributed by atoms with Gasteiger partial charge in [-0.1, -0.05) is 0 Å². The highest BCUT2D eigenvalue weighted by Gasteiger charge is 2.24. The van der Waals surface area contributed by atoms with E-state index in [0.29, 0.717) is 6.04 Å². The zero-order valence-electron chi connectivity index (χ0n) is 5.33. The number of hydrogen-bond acceptors (Lipinski definition) is 2. The van der Waals surface area contributed by atoms with Gasteiger partial charge in [0, 0.05) is 25.1 Å². The zero-order chi connectivity index (χ0) is 6.10. The van der Waals surface area contributed by atoms with Gasteiger partial charge in [0.1, 0.15) is 0 Å². The third-order valence-corrected chi connectivity index (χ3v) is 2.07. The zero-order valence-corrected chi connectivity index (χ0v) is 5.33. The molecule has 2 atom stereocenters.